The van der Waals surface area contributed by atoms with Crippen molar-refractivity contribution in [2.75, 3.05) is 31.7 Å². The van der Waals surface area contributed by atoms with Gasteiger partial charge in [0, 0.05) is 37.7 Å². The first-order valence-electron chi connectivity index (χ1n) is 8.00. The number of methoxy groups -OCH3 is 1. The van der Waals surface area contributed by atoms with Crippen molar-refractivity contribution in [3.63, 3.8) is 0 Å². The molecule has 21 heavy (non-hydrogen) atoms. The van der Waals surface area contributed by atoms with E-state index in [1.54, 1.807) is 7.11 Å². The molecular weight excluding hydrogens is 282 g/mol. The van der Waals surface area contributed by atoms with Crippen LogP contribution in [0.5, 0.6) is 0 Å². The molecule has 1 aromatic heterocycles. The maximum Gasteiger partial charge on any atom is 0.186 e. The lowest BCUT2D eigenvalue weighted by atomic mass is 10.1. The van der Waals surface area contributed by atoms with E-state index in [-0.39, 0.29) is 0 Å². The highest BCUT2D eigenvalue weighted by Gasteiger charge is 2.19. The third-order valence-corrected chi connectivity index (χ3v) is 4.85. The molecule has 1 atom stereocenters. The Balaban J connectivity index is 2.87. The maximum atomic E-state index is 5.08. The first-order chi connectivity index (χ1) is 10.0. The van der Waals surface area contributed by atoms with Crippen LogP contribution >= 0.6 is 11.3 Å². The molecule has 0 amide bonds. The molecule has 1 rings (SSSR count). The van der Waals surface area contributed by atoms with Crippen LogP contribution in [-0.4, -0.2) is 37.8 Å². The van der Waals surface area contributed by atoms with Crippen molar-refractivity contribution < 1.29 is 4.74 Å². The van der Waals surface area contributed by atoms with E-state index in [1.165, 1.54) is 15.7 Å². The molecule has 0 saturated carbocycles. The van der Waals surface area contributed by atoms with Crippen molar-refractivity contribution in [1.82, 2.24) is 10.3 Å². The van der Waals surface area contributed by atoms with Crippen LogP contribution in [0.3, 0.4) is 0 Å². The first-order valence-corrected chi connectivity index (χ1v) is 8.82. The normalized spacial score (nSPS) is 12.9. The minimum atomic E-state index is 0.463. The summed E-state index contributed by atoms with van der Waals surface area (Å²) >= 11 is 1.83. The maximum absolute atomic E-state index is 5.08. The van der Waals surface area contributed by atoms with Crippen LogP contribution in [0.2, 0.25) is 0 Å². The van der Waals surface area contributed by atoms with Gasteiger partial charge in [0.1, 0.15) is 0 Å². The van der Waals surface area contributed by atoms with Gasteiger partial charge in [0.2, 0.25) is 0 Å². The van der Waals surface area contributed by atoms with Crippen LogP contribution in [0.4, 0.5) is 5.13 Å². The van der Waals surface area contributed by atoms with E-state index < -0.39 is 0 Å². The second kappa shape index (κ2) is 9.38. The summed E-state index contributed by atoms with van der Waals surface area (Å²) in [5, 5.41) is 4.60. The molecule has 0 aliphatic carbocycles. The predicted molar refractivity (Wildman–Crippen MR) is 92.6 cm³/mol. The Labute approximate surface area is 133 Å². The fourth-order valence-corrected chi connectivity index (χ4v) is 3.63. The lowest BCUT2D eigenvalue weighted by Crippen LogP contribution is -2.32. The zero-order valence-corrected chi connectivity index (χ0v) is 15.2. The topological polar surface area (TPSA) is 37.4 Å². The molecule has 1 aromatic rings. The highest BCUT2D eigenvalue weighted by atomic mass is 32.1. The number of hydrogen-bond acceptors (Lipinski definition) is 5. The van der Waals surface area contributed by atoms with Crippen molar-refractivity contribution in [2.24, 2.45) is 0 Å². The summed E-state index contributed by atoms with van der Waals surface area (Å²) < 4.78 is 5.08. The van der Waals surface area contributed by atoms with E-state index in [9.17, 15) is 0 Å². The van der Waals surface area contributed by atoms with Gasteiger partial charge >= 0.3 is 0 Å². The average Bonchev–Trinajstić information content (AvgIpc) is 2.88. The molecule has 1 unspecified atom stereocenters. The van der Waals surface area contributed by atoms with Gasteiger partial charge in [-0.3, -0.25) is 0 Å². The van der Waals surface area contributed by atoms with Gasteiger partial charge in [-0.15, -0.1) is 11.3 Å². The smallest absolute Gasteiger partial charge is 0.186 e. The third-order valence-electron chi connectivity index (χ3n) is 3.74. The number of aromatic nitrogens is 1. The van der Waals surface area contributed by atoms with Gasteiger partial charge < -0.3 is 15.0 Å². The SMILES string of the molecule is CCC(C)N(CC)c1nc(C(C)C)c(CNCCOC)s1. The molecule has 1 heterocycles. The number of ether oxygens (including phenoxy) is 1. The van der Waals surface area contributed by atoms with E-state index in [2.05, 4.69) is 44.8 Å². The van der Waals surface area contributed by atoms with Crippen molar-refractivity contribution in [3.05, 3.63) is 10.6 Å². The minimum Gasteiger partial charge on any atom is -0.383 e. The Morgan fingerprint density at radius 1 is 1.29 bits per heavy atom. The number of nitrogens with one attached hydrogen (secondary N) is 1. The van der Waals surface area contributed by atoms with Crippen molar-refractivity contribution in [3.8, 4) is 0 Å². The highest BCUT2D eigenvalue weighted by Crippen LogP contribution is 2.32. The first kappa shape index (κ1) is 18.4. The van der Waals surface area contributed by atoms with Crippen LogP contribution in [0.1, 0.15) is 57.5 Å². The van der Waals surface area contributed by atoms with Gasteiger partial charge in [-0.25, -0.2) is 4.98 Å². The number of rotatable bonds is 10. The van der Waals surface area contributed by atoms with Gasteiger partial charge in [-0.05, 0) is 26.2 Å². The molecule has 0 aliphatic rings. The van der Waals surface area contributed by atoms with E-state index >= 15 is 0 Å². The largest absolute Gasteiger partial charge is 0.383 e. The number of thiazole rings is 1. The summed E-state index contributed by atoms with van der Waals surface area (Å²) in [5.74, 6) is 0.463. The Bertz CT molecular complexity index is 406. The van der Waals surface area contributed by atoms with Gasteiger partial charge in [0.05, 0.1) is 12.3 Å². The van der Waals surface area contributed by atoms with Crippen molar-refractivity contribution in [2.45, 2.75) is 59.5 Å². The Hall–Kier alpha value is -0.650. The van der Waals surface area contributed by atoms with E-state index in [0.717, 1.165) is 32.7 Å². The summed E-state index contributed by atoms with van der Waals surface area (Å²) in [6, 6.07) is 0.537. The average molecular weight is 314 g/mol. The standard InChI is InChI=1S/C16H31N3OS/c1-7-13(5)19(8-2)16-18-15(12(3)4)14(21-16)11-17-9-10-20-6/h12-13,17H,7-11H2,1-6H3. The molecular formula is C16H31N3OS. The number of hydrogen-bond donors (Lipinski definition) is 1. The molecule has 0 bridgehead atoms. The van der Waals surface area contributed by atoms with Gasteiger partial charge in [-0.1, -0.05) is 20.8 Å². The fraction of sp³-hybridized carbons (Fsp3) is 0.812. The third kappa shape index (κ3) is 5.24. The summed E-state index contributed by atoms with van der Waals surface area (Å²) in [4.78, 5) is 8.69. The summed E-state index contributed by atoms with van der Waals surface area (Å²) in [7, 11) is 1.73. The van der Waals surface area contributed by atoms with Crippen LogP contribution in [0, 0.1) is 0 Å². The van der Waals surface area contributed by atoms with Crippen LogP contribution < -0.4 is 10.2 Å². The fourth-order valence-electron chi connectivity index (χ4n) is 2.28. The minimum absolute atomic E-state index is 0.463. The molecule has 0 spiro atoms. The second-order valence-corrected chi connectivity index (χ2v) is 6.73. The van der Waals surface area contributed by atoms with E-state index in [0.29, 0.717) is 12.0 Å². The summed E-state index contributed by atoms with van der Waals surface area (Å²) in [6.07, 6.45) is 1.14. The lowest BCUT2D eigenvalue weighted by Gasteiger charge is -2.26. The second-order valence-electron chi connectivity index (χ2n) is 5.67. The number of nitrogens with zero attached hydrogens (tertiary/aromatic N) is 2. The molecule has 0 fully saturated rings. The zero-order chi connectivity index (χ0) is 15.8. The van der Waals surface area contributed by atoms with E-state index in [4.69, 9.17) is 9.72 Å². The molecule has 0 radical (unpaired) electrons. The molecule has 0 aromatic carbocycles. The van der Waals surface area contributed by atoms with Gasteiger partial charge in [0.15, 0.2) is 5.13 Å². The van der Waals surface area contributed by atoms with Gasteiger partial charge in [-0.2, -0.15) is 0 Å². The van der Waals surface area contributed by atoms with E-state index in [1.807, 2.05) is 11.3 Å². The molecule has 0 saturated heterocycles. The summed E-state index contributed by atoms with van der Waals surface area (Å²) in [6.45, 7) is 14.7. The molecule has 5 heteroatoms. The lowest BCUT2D eigenvalue weighted by molar-refractivity contribution is 0.199. The molecule has 0 aliphatic heterocycles. The quantitative estimate of drug-likeness (QED) is 0.669. The number of anilines is 1. The van der Waals surface area contributed by atoms with Crippen molar-refractivity contribution in [1.29, 1.82) is 0 Å². The summed E-state index contributed by atoms with van der Waals surface area (Å²) in [5.41, 5.74) is 1.24. The predicted octanol–water partition coefficient (Wildman–Crippen LogP) is 3.63. The molecule has 122 valence electrons. The van der Waals surface area contributed by atoms with Crippen LogP contribution in [0.15, 0.2) is 0 Å². The Morgan fingerprint density at radius 3 is 2.52 bits per heavy atom. The van der Waals surface area contributed by atoms with Crippen LogP contribution in [0.25, 0.3) is 0 Å². The zero-order valence-electron chi connectivity index (χ0n) is 14.4. The monoisotopic (exact) mass is 313 g/mol. The highest BCUT2D eigenvalue weighted by molar-refractivity contribution is 7.15. The van der Waals surface area contributed by atoms with Gasteiger partial charge in [0.25, 0.3) is 0 Å². The molecule has 4 nitrogen and oxygen atoms in total. The Kier molecular flexibility index (Phi) is 8.22. The van der Waals surface area contributed by atoms with Crippen molar-refractivity contribution >= 4 is 16.5 Å². The van der Waals surface area contributed by atoms with Crippen LogP contribution in [-0.2, 0) is 11.3 Å². The molecule has 1 N–H and O–H groups in total. The Morgan fingerprint density at radius 2 is 2.00 bits per heavy atom.